The number of carbonyl (C=O) groups is 2. The van der Waals surface area contributed by atoms with Crippen molar-refractivity contribution in [2.24, 2.45) is 5.92 Å². The van der Waals surface area contributed by atoms with Gasteiger partial charge in [0, 0.05) is 41.5 Å². The van der Waals surface area contributed by atoms with Crippen molar-refractivity contribution in [3.05, 3.63) is 64.7 Å². The van der Waals surface area contributed by atoms with Gasteiger partial charge >= 0.3 is 5.97 Å². The minimum Gasteiger partial charge on any atom is -0.465 e. The lowest BCUT2D eigenvalue weighted by Crippen LogP contribution is -2.25. The maximum atomic E-state index is 13.1. The Morgan fingerprint density at radius 1 is 1.06 bits per heavy atom. The third-order valence-electron chi connectivity index (χ3n) is 6.81. The van der Waals surface area contributed by atoms with E-state index in [0.29, 0.717) is 11.3 Å². The van der Waals surface area contributed by atoms with E-state index in [1.165, 1.54) is 55.0 Å². The molecule has 0 unspecified atom stereocenters. The van der Waals surface area contributed by atoms with E-state index in [9.17, 15) is 14.4 Å². The molecule has 3 aromatic rings. The highest BCUT2D eigenvalue weighted by Gasteiger charge is 2.15. The first-order chi connectivity index (χ1) is 17.5. The molecular formula is C28H36N4O4. The number of ether oxygens (including phenoxy) is 1. The van der Waals surface area contributed by atoms with Crippen molar-refractivity contribution in [2.45, 2.75) is 58.5 Å². The molecule has 0 spiro atoms. The molecule has 36 heavy (non-hydrogen) atoms. The summed E-state index contributed by atoms with van der Waals surface area (Å²) >= 11 is 0. The van der Waals surface area contributed by atoms with E-state index >= 15 is 0 Å². The topological polar surface area (TPSA) is 94.4 Å². The number of anilines is 1. The van der Waals surface area contributed by atoms with Crippen LogP contribution in [0.25, 0.3) is 10.9 Å². The molecule has 4 rings (SSSR count). The van der Waals surface area contributed by atoms with Crippen LogP contribution in [-0.4, -0.2) is 40.7 Å². The van der Waals surface area contributed by atoms with Gasteiger partial charge in [0.2, 0.25) is 0 Å². The zero-order valence-corrected chi connectivity index (χ0v) is 21.0. The van der Waals surface area contributed by atoms with Crippen molar-refractivity contribution in [1.29, 1.82) is 0 Å². The van der Waals surface area contributed by atoms with Crippen LogP contribution in [0.3, 0.4) is 0 Å². The van der Waals surface area contributed by atoms with Gasteiger partial charge < -0.3 is 24.5 Å². The number of nitrogens with zero attached hydrogens (tertiary/aromatic N) is 2. The summed E-state index contributed by atoms with van der Waals surface area (Å²) < 4.78 is 8.34. The number of nitrogens with one attached hydrogen (secondary N) is 2. The number of benzene rings is 1. The number of rotatable bonds is 11. The van der Waals surface area contributed by atoms with Gasteiger partial charge in [-0.15, -0.1) is 0 Å². The number of pyridine rings is 1. The first kappa shape index (κ1) is 25.7. The molecule has 0 atom stereocenters. The Balaban J connectivity index is 1.37. The number of carbonyl (C=O) groups excluding carboxylic acids is 2. The fourth-order valence-electron chi connectivity index (χ4n) is 4.96. The molecule has 0 radical (unpaired) electrons. The molecule has 8 nitrogen and oxygen atoms in total. The standard InChI is InChI=1S/C28H36N4O4/c1-2-36-27(34)20-32-19-22(12-13-26(32)33)30-28(35)24-10-6-11-25-23(24)14-17-31(25)16-7-15-29-18-21-8-4-3-5-9-21/h6,10-14,17,19,21,29H,2-5,7-9,15-16,18,20H2,1H3,(H,30,35). The Hall–Kier alpha value is -3.39. The minimum atomic E-state index is -0.502. The summed E-state index contributed by atoms with van der Waals surface area (Å²) in [5, 5.41) is 7.35. The minimum absolute atomic E-state index is 0.204. The van der Waals surface area contributed by atoms with E-state index in [2.05, 4.69) is 15.2 Å². The largest absolute Gasteiger partial charge is 0.465 e. The van der Waals surface area contributed by atoms with E-state index in [0.717, 1.165) is 42.9 Å². The SMILES string of the molecule is CCOC(=O)Cn1cc(NC(=O)c2cccc3c2ccn3CCCNCC2CCCCC2)ccc1=O. The van der Waals surface area contributed by atoms with Gasteiger partial charge in [-0.3, -0.25) is 14.4 Å². The van der Waals surface area contributed by atoms with Crippen molar-refractivity contribution >= 4 is 28.5 Å². The van der Waals surface area contributed by atoms with Gasteiger partial charge in [0.25, 0.3) is 11.5 Å². The zero-order valence-electron chi connectivity index (χ0n) is 21.0. The van der Waals surface area contributed by atoms with E-state index < -0.39 is 5.97 Å². The van der Waals surface area contributed by atoms with Gasteiger partial charge in [0.1, 0.15) is 6.54 Å². The molecule has 0 bridgehead atoms. The Bertz CT molecular complexity index is 1240. The first-order valence-electron chi connectivity index (χ1n) is 13.0. The summed E-state index contributed by atoms with van der Waals surface area (Å²) in [5.74, 6) is 0.0592. The molecule has 192 valence electrons. The molecular weight excluding hydrogens is 456 g/mol. The van der Waals surface area contributed by atoms with Crippen LogP contribution in [0.15, 0.2) is 53.6 Å². The maximum absolute atomic E-state index is 13.1. The fourth-order valence-corrected chi connectivity index (χ4v) is 4.96. The number of aryl methyl sites for hydroxylation is 1. The van der Waals surface area contributed by atoms with E-state index in [4.69, 9.17) is 4.74 Å². The van der Waals surface area contributed by atoms with Crippen molar-refractivity contribution < 1.29 is 14.3 Å². The fraction of sp³-hybridized carbons (Fsp3) is 0.464. The maximum Gasteiger partial charge on any atom is 0.326 e. The third-order valence-corrected chi connectivity index (χ3v) is 6.81. The highest BCUT2D eigenvalue weighted by molar-refractivity contribution is 6.12. The number of esters is 1. The van der Waals surface area contributed by atoms with Gasteiger partial charge in [-0.2, -0.15) is 0 Å². The highest BCUT2D eigenvalue weighted by atomic mass is 16.5. The molecule has 2 aromatic heterocycles. The van der Waals surface area contributed by atoms with Crippen molar-refractivity contribution in [3.63, 3.8) is 0 Å². The van der Waals surface area contributed by atoms with Gasteiger partial charge in [0.05, 0.1) is 12.3 Å². The van der Waals surface area contributed by atoms with E-state index in [-0.39, 0.29) is 24.6 Å². The summed E-state index contributed by atoms with van der Waals surface area (Å²) in [7, 11) is 0. The molecule has 1 fully saturated rings. The molecule has 1 saturated carbocycles. The summed E-state index contributed by atoms with van der Waals surface area (Å²) in [6.07, 6.45) is 11.3. The predicted molar refractivity (Wildman–Crippen MR) is 141 cm³/mol. The smallest absolute Gasteiger partial charge is 0.326 e. The van der Waals surface area contributed by atoms with Crippen LogP contribution in [0.5, 0.6) is 0 Å². The van der Waals surface area contributed by atoms with Crippen LogP contribution in [0, 0.1) is 5.92 Å². The number of amides is 1. The monoisotopic (exact) mass is 492 g/mol. The lowest BCUT2D eigenvalue weighted by molar-refractivity contribution is -0.143. The van der Waals surface area contributed by atoms with Crippen LogP contribution >= 0.6 is 0 Å². The molecule has 8 heteroatoms. The lowest BCUT2D eigenvalue weighted by Gasteiger charge is -2.21. The summed E-state index contributed by atoms with van der Waals surface area (Å²) in [4.78, 5) is 37.0. The van der Waals surface area contributed by atoms with Gasteiger partial charge in [-0.05, 0) is 69.5 Å². The quantitative estimate of drug-likeness (QED) is 0.309. The van der Waals surface area contributed by atoms with Crippen LogP contribution in [-0.2, 0) is 22.6 Å². The summed E-state index contributed by atoms with van der Waals surface area (Å²) in [6.45, 7) is 4.72. The van der Waals surface area contributed by atoms with Crippen molar-refractivity contribution in [1.82, 2.24) is 14.5 Å². The van der Waals surface area contributed by atoms with Crippen molar-refractivity contribution in [2.75, 3.05) is 25.0 Å². The summed E-state index contributed by atoms with van der Waals surface area (Å²) in [6, 6.07) is 10.5. The number of aromatic nitrogens is 2. The van der Waals surface area contributed by atoms with Gasteiger partial charge in [0.15, 0.2) is 0 Å². The average molecular weight is 493 g/mol. The number of hydrogen-bond acceptors (Lipinski definition) is 5. The Labute approximate surface area is 211 Å². The predicted octanol–water partition coefficient (Wildman–Crippen LogP) is 4.18. The molecule has 1 aromatic carbocycles. The van der Waals surface area contributed by atoms with Crippen LogP contribution < -0.4 is 16.2 Å². The Kier molecular flexibility index (Phi) is 8.95. The lowest BCUT2D eigenvalue weighted by atomic mass is 9.89. The van der Waals surface area contributed by atoms with Gasteiger partial charge in [-0.1, -0.05) is 25.3 Å². The molecule has 1 amide bonds. The second-order valence-corrected chi connectivity index (χ2v) is 9.45. The third kappa shape index (κ3) is 6.63. The highest BCUT2D eigenvalue weighted by Crippen LogP contribution is 2.23. The number of fused-ring (bicyclic) bond motifs is 1. The normalized spacial score (nSPS) is 14.1. The molecule has 1 aliphatic rings. The van der Waals surface area contributed by atoms with E-state index in [1.54, 1.807) is 13.0 Å². The molecule has 2 heterocycles. The van der Waals surface area contributed by atoms with Crippen LogP contribution in [0.4, 0.5) is 5.69 Å². The molecule has 2 N–H and O–H groups in total. The Morgan fingerprint density at radius 2 is 1.89 bits per heavy atom. The molecule has 1 aliphatic carbocycles. The second kappa shape index (κ2) is 12.5. The molecule has 0 aliphatic heterocycles. The number of hydrogen-bond donors (Lipinski definition) is 2. The van der Waals surface area contributed by atoms with Crippen LogP contribution in [0.1, 0.15) is 55.8 Å². The summed E-state index contributed by atoms with van der Waals surface area (Å²) in [5.41, 5.74) is 1.67. The Morgan fingerprint density at radius 3 is 2.69 bits per heavy atom. The zero-order chi connectivity index (χ0) is 25.3. The second-order valence-electron chi connectivity index (χ2n) is 9.45. The van der Waals surface area contributed by atoms with Gasteiger partial charge in [-0.25, -0.2) is 0 Å². The van der Waals surface area contributed by atoms with Crippen molar-refractivity contribution in [3.8, 4) is 0 Å². The van der Waals surface area contributed by atoms with E-state index in [1.807, 2.05) is 24.4 Å². The molecule has 0 saturated heterocycles. The average Bonchev–Trinajstić information content (AvgIpc) is 3.30. The first-order valence-corrected chi connectivity index (χ1v) is 13.0. The van der Waals surface area contributed by atoms with Crippen LogP contribution in [0.2, 0.25) is 0 Å².